The minimum atomic E-state index is -0.489. The molecule has 1 aromatic carbocycles. The van der Waals surface area contributed by atoms with Crippen LogP contribution in [0.5, 0.6) is 5.75 Å². The molecule has 0 heterocycles. The van der Waals surface area contributed by atoms with Gasteiger partial charge in [-0.25, -0.2) is 4.79 Å². The van der Waals surface area contributed by atoms with Crippen LogP contribution >= 0.6 is 11.6 Å². The van der Waals surface area contributed by atoms with Crippen LogP contribution in [0.15, 0.2) is 29.4 Å². The van der Waals surface area contributed by atoms with E-state index in [4.69, 9.17) is 21.2 Å². The Morgan fingerprint density at radius 3 is 2.40 bits per heavy atom. The van der Waals surface area contributed by atoms with Crippen molar-refractivity contribution in [2.24, 2.45) is 5.16 Å². The zero-order chi connectivity index (χ0) is 14.2. The van der Waals surface area contributed by atoms with Crippen LogP contribution in [-0.4, -0.2) is 18.3 Å². The topological polar surface area (TPSA) is 47.9 Å². The maximum absolute atomic E-state index is 11.5. The Bertz CT molecular complexity index is 461. The van der Waals surface area contributed by atoms with Crippen LogP contribution in [0.2, 0.25) is 5.02 Å². The number of nitrogens with zero attached hydrogens (tertiary/aromatic N) is 1. The summed E-state index contributed by atoms with van der Waals surface area (Å²) in [7, 11) is 0. The predicted molar refractivity (Wildman–Crippen MR) is 78.2 cm³/mol. The number of ether oxygens (including phenoxy) is 1. The molecular weight excluding hydrogens is 278 g/mol. The van der Waals surface area contributed by atoms with Crippen LogP contribution in [0.1, 0.15) is 38.5 Å². The highest BCUT2D eigenvalue weighted by Crippen LogP contribution is 2.16. The Kier molecular flexibility index (Phi) is 5.87. The number of halogens is 1. The Labute approximate surface area is 123 Å². The van der Waals surface area contributed by atoms with Crippen molar-refractivity contribution in [2.75, 3.05) is 6.61 Å². The Balaban J connectivity index is 1.74. The van der Waals surface area contributed by atoms with Crippen LogP contribution in [-0.2, 0) is 9.63 Å². The zero-order valence-electron chi connectivity index (χ0n) is 11.3. The van der Waals surface area contributed by atoms with Crippen molar-refractivity contribution >= 4 is 23.3 Å². The molecule has 0 aromatic heterocycles. The third kappa shape index (κ3) is 5.21. The van der Waals surface area contributed by atoms with Crippen molar-refractivity contribution in [3.63, 3.8) is 0 Å². The molecule has 0 unspecified atom stereocenters. The summed E-state index contributed by atoms with van der Waals surface area (Å²) in [4.78, 5) is 16.4. The summed E-state index contributed by atoms with van der Waals surface area (Å²) in [6.07, 6.45) is 6.55. The quantitative estimate of drug-likeness (QED) is 0.480. The van der Waals surface area contributed by atoms with Gasteiger partial charge in [0.25, 0.3) is 0 Å². The molecule has 2 rings (SSSR count). The highest BCUT2D eigenvalue weighted by atomic mass is 35.5. The largest absolute Gasteiger partial charge is 0.482 e. The number of rotatable bonds is 4. The van der Waals surface area contributed by atoms with Gasteiger partial charge in [0.05, 0.1) is 5.71 Å². The number of hydrogen-bond acceptors (Lipinski definition) is 4. The molecule has 1 aromatic rings. The smallest absolute Gasteiger partial charge is 0.372 e. The van der Waals surface area contributed by atoms with Gasteiger partial charge in [-0.1, -0.05) is 29.6 Å². The minimum Gasteiger partial charge on any atom is -0.482 e. The number of benzene rings is 1. The summed E-state index contributed by atoms with van der Waals surface area (Å²) in [5, 5.41) is 4.56. The summed E-state index contributed by atoms with van der Waals surface area (Å²) in [6, 6.07) is 6.81. The van der Waals surface area contributed by atoms with Crippen LogP contribution in [0.3, 0.4) is 0 Å². The number of carbonyl (C=O) groups is 1. The molecular formula is C15H18ClNO3. The number of oxime groups is 1. The lowest BCUT2D eigenvalue weighted by Crippen LogP contribution is -2.13. The SMILES string of the molecule is O=C(COc1ccc(Cl)cc1)ON=C1CCCCCC1. The first-order chi connectivity index (χ1) is 9.74. The molecule has 1 fully saturated rings. The molecule has 5 heteroatoms. The first-order valence-electron chi connectivity index (χ1n) is 6.88. The van der Waals surface area contributed by atoms with E-state index in [0.29, 0.717) is 10.8 Å². The molecule has 0 bridgehead atoms. The van der Waals surface area contributed by atoms with Crippen molar-refractivity contribution in [3.05, 3.63) is 29.3 Å². The second-order valence-electron chi connectivity index (χ2n) is 4.78. The van der Waals surface area contributed by atoms with E-state index in [-0.39, 0.29) is 6.61 Å². The van der Waals surface area contributed by atoms with Gasteiger partial charge < -0.3 is 9.57 Å². The molecule has 0 atom stereocenters. The normalized spacial score (nSPS) is 15.3. The van der Waals surface area contributed by atoms with E-state index in [0.717, 1.165) is 31.4 Å². The molecule has 0 spiro atoms. The average Bonchev–Trinajstić information content (AvgIpc) is 2.73. The number of carbonyl (C=O) groups excluding carboxylic acids is 1. The fourth-order valence-electron chi connectivity index (χ4n) is 2.04. The van der Waals surface area contributed by atoms with Crippen LogP contribution in [0, 0.1) is 0 Å². The highest BCUT2D eigenvalue weighted by Gasteiger charge is 2.09. The Morgan fingerprint density at radius 1 is 1.10 bits per heavy atom. The van der Waals surface area contributed by atoms with Crippen LogP contribution in [0.25, 0.3) is 0 Å². The molecule has 0 N–H and O–H groups in total. The lowest BCUT2D eigenvalue weighted by atomic mass is 10.2. The summed E-state index contributed by atoms with van der Waals surface area (Å²) in [5.41, 5.74) is 0.974. The molecule has 4 nitrogen and oxygen atoms in total. The second kappa shape index (κ2) is 7.90. The Hall–Kier alpha value is -1.55. The van der Waals surface area contributed by atoms with Crippen molar-refractivity contribution in [1.82, 2.24) is 0 Å². The molecule has 0 aliphatic heterocycles. The first kappa shape index (κ1) is 14.9. The maximum atomic E-state index is 11.5. The monoisotopic (exact) mass is 295 g/mol. The third-order valence-electron chi connectivity index (χ3n) is 3.13. The molecule has 1 aliphatic rings. The van der Waals surface area contributed by atoms with Gasteiger partial charge in [0, 0.05) is 5.02 Å². The van der Waals surface area contributed by atoms with Gasteiger partial charge in [-0.2, -0.15) is 0 Å². The van der Waals surface area contributed by atoms with Gasteiger partial charge in [-0.05, 0) is 49.9 Å². The summed E-state index contributed by atoms with van der Waals surface area (Å²) in [5.74, 6) is 0.0881. The van der Waals surface area contributed by atoms with Crippen molar-refractivity contribution in [2.45, 2.75) is 38.5 Å². The molecule has 0 saturated heterocycles. The first-order valence-corrected chi connectivity index (χ1v) is 7.26. The van der Waals surface area contributed by atoms with E-state index >= 15 is 0 Å². The number of hydrogen-bond donors (Lipinski definition) is 0. The average molecular weight is 296 g/mol. The van der Waals surface area contributed by atoms with Gasteiger partial charge in [0.1, 0.15) is 5.75 Å². The van der Waals surface area contributed by atoms with E-state index in [2.05, 4.69) is 5.16 Å². The van der Waals surface area contributed by atoms with E-state index in [1.807, 2.05) is 0 Å². The Morgan fingerprint density at radius 2 is 1.75 bits per heavy atom. The van der Waals surface area contributed by atoms with E-state index in [1.54, 1.807) is 24.3 Å². The van der Waals surface area contributed by atoms with Crippen molar-refractivity contribution < 1.29 is 14.4 Å². The second-order valence-corrected chi connectivity index (χ2v) is 5.21. The third-order valence-corrected chi connectivity index (χ3v) is 3.38. The molecule has 108 valence electrons. The predicted octanol–water partition coefficient (Wildman–Crippen LogP) is 3.97. The van der Waals surface area contributed by atoms with Gasteiger partial charge in [0.2, 0.25) is 0 Å². The fraction of sp³-hybridized carbons (Fsp3) is 0.467. The van der Waals surface area contributed by atoms with Crippen molar-refractivity contribution in [1.29, 1.82) is 0 Å². The van der Waals surface area contributed by atoms with E-state index in [1.165, 1.54) is 12.8 Å². The van der Waals surface area contributed by atoms with Crippen LogP contribution < -0.4 is 4.74 Å². The van der Waals surface area contributed by atoms with Gasteiger partial charge >= 0.3 is 5.97 Å². The molecule has 0 amide bonds. The fourth-order valence-corrected chi connectivity index (χ4v) is 2.17. The van der Waals surface area contributed by atoms with Gasteiger partial charge in [-0.15, -0.1) is 0 Å². The standard InChI is InChI=1S/C15H18ClNO3/c16-12-7-9-14(10-8-12)19-11-15(18)20-17-13-5-3-1-2-4-6-13/h7-10H,1-6,11H2. The molecule has 0 radical (unpaired) electrons. The summed E-state index contributed by atoms with van der Waals surface area (Å²) < 4.78 is 5.28. The zero-order valence-corrected chi connectivity index (χ0v) is 12.1. The van der Waals surface area contributed by atoms with Gasteiger partial charge in [0.15, 0.2) is 6.61 Å². The van der Waals surface area contributed by atoms with E-state index < -0.39 is 5.97 Å². The van der Waals surface area contributed by atoms with Gasteiger partial charge in [-0.3, -0.25) is 0 Å². The lowest BCUT2D eigenvalue weighted by molar-refractivity contribution is -0.146. The van der Waals surface area contributed by atoms with E-state index in [9.17, 15) is 4.79 Å². The van der Waals surface area contributed by atoms with Crippen LogP contribution in [0.4, 0.5) is 0 Å². The summed E-state index contributed by atoms with van der Waals surface area (Å²) in [6.45, 7) is -0.154. The summed E-state index contributed by atoms with van der Waals surface area (Å²) >= 11 is 5.76. The minimum absolute atomic E-state index is 0.154. The molecule has 1 saturated carbocycles. The highest BCUT2D eigenvalue weighted by molar-refractivity contribution is 6.30. The maximum Gasteiger partial charge on any atom is 0.372 e. The van der Waals surface area contributed by atoms with Crippen molar-refractivity contribution in [3.8, 4) is 5.75 Å². The molecule has 20 heavy (non-hydrogen) atoms. The molecule has 1 aliphatic carbocycles. The lowest BCUT2D eigenvalue weighted by Gasteiger charge is -2.05.